The number of pyridine rings is 1. The molecule has 0 spiro atoms. The number of aliphatic hydroxyl groups excluding tert-OH is 1. The number of benzene rings is 4. The minimum absolute atomic E-state index is 0.0655. The number of phenols is 1. The zero-order valence-corrected chi connectivity index (χ0v) is 32.3. The molecule has 6 N–H and O–H groups in total. The molecule has 6 rings (SSSR count). The van der Waals surface area contributed by atoms with Crippen LogP contribution in [0.25, 0.3) is 22.0 Å². The van der Waals surface area contributed by atoms with Gasteiger partial charge in [0.1, 0.15) is 17.6 Å². The predicted octanol–water partition coefficient (Wildman–Crippen LogP) is 6.87. The second-order valence-corrected chi connectivity index (χ2v) is 14.9. The Morgan fingerprint density at radius 2 is 1.73 bits per heavy atom. The molecule has 12 nitrogen and oxygen atoms in total. The van der Waals surface area contributed by atoms with Crippen molar-refractivity contribution in [2.75, 3.05) is 51.0 Å². The first-order chi connectivity index (χ1) is 27.0. The molecule has 1 aliphatic rings. The topological polar surface area (TPSA) is 162 Å². The maximum atomic E-state index is 13.1. The second-order valence-electron chi connectivity index (χ2n) is 14.9. The average Bonchev–Trinajstić information content (AvgIpc) is 3.17. The first kappa shape index (κ1) is 40.0. The van der Waals surface area contributed by atoms with Crippen molar-refractivity contribution >= 4 is 34.3 Å². The van der Waals surface area contributed by atoms with E-state index >= 15 is 0 Å². The number of rotatable bonds is 15. The summed E-state index contributed by atoms with van der Waals surface area (Å²) in [4.78, 5) is 40.5. The molecule has 0 saturated carbocycles. The molecule has 1 atom stereocenters. The van der Waals surface area contributed by atoms with Gasteiger partial charge in [-0.05, 0) is 60.7 Å². The molecular formula is C44H52N5O7+. The van der Waals surface area contributed by atoms with Crippen LogP contribution in [-0.2, 0) is 22.5 Å². The van der Waals surface area contributed by atoms with Crippen LogP contribution in [0, 0.1) is 0 Å². The van der Waals surface area contributed by atoms with Gasteiger partial charge in [-0.1, -0.05) is 54.6 Å². The summed E-state index contributed by atoms with van der Waals surface area (Å²) in [6.07, 6.45) is 1.75. The number of nitrogens with zero attached hydrogens (tertiary/aromatic N) is 1. The lowest BCUT2D eigenvalue weighted by Gasteiger charge is -2.36. The summed E-state index contributed by atoms with van der Waals surface area (Å²) in [6, 6.07) is 27.4. The Hall–Kier alpha value is -5.69. The van der Waals surface area contributed by atoms with Crippen molar-refractivity contribution in [3.8, 4) is 22.6 Å². The molecule has 294 valence electrons. The Balaban J connectivity index is 1.03. The minimum atomic E-state index is -0.905. The van der Waals surface area contributed by atoms with E-state index in [1.807, 2.05) is 67.6 Å². The fourth-order valence-corrected chi connectivity index (χ4v) is 7.12. The molecule has 4 aromatic carbocycles. The van der Waals surface area contributed by atoms with Gasteiger partial charge in [-0.15, -0.1) is 0 Å². The monoisotopic (exact) mass is 762 g/mol. The van der Waals surface area contributed by atoms with Crippen LogP contribution in [0.3, 0.4) is 0 Å². The quantitative estimate of drug-likeness (QED) is 0.0630. The molecule has 56 heavy (non-hydrogen) atoms. The van der Waals surface area contributed by atoms with E-state index < -0.39 is 12.2 Å². The first-order valence-corrected chi connectivity index (χ1v) is 19.3. The molecule has 5 aromatic rings. The number of amides is 2. The highest BCUT2D eigenvalue weighted by Gasteiger charge is 2.28. The normalized spacial score (nSPS) is 14.6. The van der Waals surface area contributed by atoms with Crippen molar-refractivity contribution < 1.29 is 33.8 Å². The fourth-order valence-electron chi connectivity index (χ4n) is 7.12. The minimum Gasteiger partial charge on any atom is -0.506 e. The zero-order valence-electron chi connectivity index (χ0n) is 32.3. The lowest BCUT2D eigenvalue weighted by atomic mass is 9.99. The first-order valence-electron chi connectivity index (χ1n) is 19.3. The predicted molar refractivity (Wildman–Crippen MR) is 219 cm³/mol. The number of aromatic amines is 1. The molecule has 0 aliphatic carbocycles. The number of aryl methyl sites for hydroxylation is 1. The number of aromatic nitrogens is 1. The number of H-pyrrole nitrogens is 1. The molecule has 1 aliphatic heterocycles. The molecule has 0 radical (unpaired) electrons. The van der Waals surface area contributed by atoms with Crippen molar-refractivity contribution in [2.45, 2.75) is 57.8 Å². The third-order valence-electron chi connectivity index (χ3n) is 10.2. The number of quaternary nitrogens is 1. The third kappa shape index (κ3) is 10.5. The van der Waals surface area contributed by atoms with Crippen LogP contribution in [0.5, 0.6) is 11.5 Å². The van der Waals surface area contributed by atoms with Crippen molar-refractivity contribution in [2.24, 2.45) is 0 Å². The van der Waals surface area contributed by atoms with E-state index in [4.69, 9.17) is 9.47 Å². The van der Waals surface area contributed by atoms with Crippen LogP contribution in [0.4, 0.5) is 16.2 Å². The largest absolute Gasteiger partial charge is 0.506 e. The number of phenolic OH excluding ortho intramolecular Hbond substituents is 1. The second kappa shape index (κ2) is 18.3. The Morgan fingerprint density at radius 3 is 2.50 bits per heavy atom. The van der Waals surface area contributed by atoms with Gasteiger partial charge in [0, 0.05) is 66.7 Å². The number of aliphatic hydroxyl groups is 1. The van der Waals surface area contributed by atoms with Gasteiger partial charge in [0.2, 0.25) is 11.5 Å². The molecule has 1 aromatic heterocycles. The van der Waals surface area contributed by atoms with E-state index in [9.17, 15) is 24.6 Å². The molecule has 2 heterocycles. The number of likely N-dealkylation sites (tertiary alicyclic amines) is 1. The maximum absolute atomic E-state index is 13.1. The van der Waals surface area contributed by atoms with Gasteiger partial charge in [0.25, 0.3) is 0 Å². The molecule has 0 unspecified atom stereocenters. The summed E-state index contributed by atoms with van der Waals surface area (Å²) >= 11 is 0. The van der Waals surface area contributed by atoms with E-state index in [0.717, 1.165) is 52.7 Å². The van der Waals surface area contributed by atoms with E-state index in [-0.39, 0.29) is 35.4 Å². The van der Waals surface area contributed by atoms with E-state index in [0.29, 0.717) is 60.5 Å². The lowest BCUT2D eigenvalue weighted by molar-refractivity contribution is -0.896. The van der Waals surface area contributed by atoms with Crippen LogP contribution >= 0.6 is 0 Å². The van der Waals surface area contributed by atoms with Crippen molar-refractivity contribution in [3.05, 3.63) is 118 Å². The van der Waals surface area contributed by atoms with Crippen molar-refractivity contribution in [1.82, 2.24) is 10.3 Å². The zero-order chi connectivity index (χ0) is 39.7. The number of piperidine rings is 1. The summed E-state index contributed by atoms with van der Waals surface area (Å²) in [5.41, 5.74) is 5.54. The lowest BCUT2D eigenvalue weighted by Crippen LogP contribution is -2.48. The Labute approximate surface area is 327 Å². The number of carbonyl (C=O) groups is 2. The van der Waals surface area contributed by atoms with Gasteiger partial charge in [-0.3, -0.25) is 14.9 Å². The van der Waals surface area contributed by atoms with Gasteiger partial charge in [0.05, 0.1) is 51.1 Å². The highest BCUT2D eigenvalue weighted by Crippen LogP contribution is 2.31. The van der Waals surface area contributed by atoms with Gasteiger partial charge in [-0.2, -0.15) is 0 Å². The van der Waals surface area contributed by atoms with E-state index in [1.54, 1.807) is 18.2 Å². The van der Waals surface area contributed by atoms with Crippen LogP contribution in [-0.4, -0.2) is 78.1 Å². The standard InChI is InChI=1S/C44H51N5O7/c1-4-55-40-26-32(15-14-31(40)27-45-28-39(51)35-17-19-38(50)43-36(35)18-20-42(53)48-43)46-41(52)12-8-9-29-13-16-34(30-10-6-5-7-11-30)37(25-29)47-44(54)56-33-21-23-49(2,3)24-22-33/h5-7,10-11,13-20,25-26,33,39,45,51H,4,8-9,12,21-24,27-28H2,1-3H3,(H3-,46,47,48,50,52,53,54)/p+1/t39-/m1/s1. The Kier molecular flexibility index (Phi) is 13.1. The Morgan fingerprint density at radius 1 is 0.946 bits per heavy atom. The van der Waals surface area contributed by atoms with Crippen LogP contribution in [0.15, 0.2) is 95.8 Å². The summed E-state index contributed by atoms with van der Waals surface area (Å²) < 4.78 is 12.7. The molecule has 1 saturated heterocycles. The van der Waals surface area contributed by atoms with Crippen molar-refractivity contribution in [3.63, 3.8) is 0 Å². The molecule has 2 amide bonds. The van der Waals surface area contributed by atoms with Crippen LogP contribution in [0.1, 0.15) is 55.4 Å². The van der Waals surface area contributed by atoms with Gasteiger partial charge < -0.3 is 39.8 Å². The number of anilines is 2. The van der Waals surface area contributed by atoms with Crippen molar-refractivity contribution in [1.29, 1.82) is 0 Å². The number of hydrogen-bond donors (Lipinski definition) is 6. The molecule has 0 bridgehead atoms. The van der Waals surface area contributed by atoms with Crippen LogP contribution in [0.2, 0.25) is 0 Å². The molecule has 12 heteroatoms. The highest BCUT2D eigenvalue weighted by molar-refractivity contribution is 5.92. The summed E-state index contributed by atoms with van der Waals surface area (Å²) in [6.45, 7) is 4.85. The third-order valence-corrected chi connectivity index (χ3v) is 10.2. The number of hydrogen-bond acceptors (Lipinski definition) is 8. The number of carbonyl (C=O) groups excluding carboxylic acids is 2. The van der Waals surface area contributed by atoms with Gasteiger partial charge in [0.15, 0.2) is 0 Å². The summed E-state index contributed by atoms with van der Waals surface area (Å²) in [7, 11) is 4.39. The SMILES string of the molecule is CCOc1cc(NC(=O)CCCc2ccc(-c3ccccc3)c(NC(=O)OC3CC[N+](C)(C)CC3)c2)ccc1CNC[C@@H](O)c1ccc(O)c2[nH]c(=O)ccc12. The van der Waals surface area contributed by atoms with E-state index in [1.165, 1.54) is 12.1 Å². The molecular weight excluding hydrogens is 711 g/mol. The highest BCUT2D eigenvalue weighted by atomic mass is 16.6. The Bertz CT molecular complexity index is 2190. The van der Waals surface area contributed by atoms with E-state index in [2.05, 4.69) is 35.0 Å². The smallest absolute Gasteiger partial charge is 0.411 e. The van der Waals surface area contributed by atoms with Gasteiger partial charge in [-0.25, -0.2) is 4.79 Å². The number of nitrogens with one attached hydrogen (secondary N) is 4. The number of ether oxygens (including phenoxy) is 2. The summed E-state index contributed by atoms with van der Waals surface area (Å²) in [5.74, 6) is 0.425. The summed E-state index contributed by atoms with van der Waals surface area (Å²) in [5, 5.41) is 31.0. The number of fused-ring (bicyclic) bond motifs is 1. The average molecular weight is 763 g/mol. The fraction of sp³-hybridized carbons (Fsp3) is 0.341. The molecule has 1 fully saturated rings. The number of aromatic hydroxyl groups is 1. The van der Waals surface area contributed by atoms with Crippen LogP contribution < -0.4 is 26.2 Å². The van der Waals surface area contributed by atoms with Gasteiger partial charge >= 0.3 is 6.09 Å². The maximum Gasteiger partial charge on any atom is 0.411 e.